The van der Waals surface area contributed by atoms with Crippen molar-refractivity contribution in [3.63, 3.8) is 0 Å². The van der Waals surface area contributed by atoms with E-state index in [0.717, 1.165) is 59.4 Å². The number of carbonyl (C=O) groups is 2. The Morgan fingerprint density at radius 1 is 0.902 bits per heavy atom. The second kappa shape index (κ2) is 14.0. The van der Waals surface area contributed by atoms with Crippen LogP contribution in [0.4, 0.5) is 5.69 Å². The van der Waals surface area contributed by atoms with Crippen LogP contribution < -0.4 is 9.62 Å². The zero-order valence-corrected chi connectivity index (χ0v) is 25.2. The molecule has 3 aromatic carbocycles. The first-order valence-corrected chi connectivity index (χ1v) is 16.3. The number of nitrogens with zero attached hydrogens (tertiary/aromatic N) is 2. The van der Waals surface area contributed by atoms with Gasteiger partial charge in [-0.15, -0.1) is 0 Å². The second-order valence-corrected chi connectivity index (χ2v) is 13.1. The van der Waals surface area contributed by atoms with Gasteiger partial charge in [0.15, 0.2) is 0 Å². The smallest absolute Gasteiger partial charge is 0.244 e. The minimum Gasteiger partial charge on any atom is -0.352 e. The lowest BCUT2D eigenvalue weighted by Gasteiger charge is -2.35. The molecule has 1 atom stereocenters. The largest absolute Gasteiger partial charge is 0.352 e. The molecule has 1 saturated carbocycles. The monoisotopic (exact) mass is 595 g/mol. The van der Waals surface area contributed by atoms with Gasteiger partial charge in [0.2, 0.25) is 21.8 Å². The van der Waals surface area contributed by atoms with Gasteiger partial charge in [0.25, 0.3) is 0 Å². The Bertz CT molecular complexity index is 1420. The Hall–Kier alpha value is -3.36. The summed E-state index contributed by atoms with van der Waals surface area (Å²) in [6.07, 6.45) is 6.47. The normalized spacial score (nSPS) is 14.7. The minimum atomic E-state index is -3.81. The number of aryl methyl sites for hydroxylation is 1. The van der Waals surface area contributed by atoms with E-state index in [9.17, 15) is 18.0 Å². The fourth-order valence-electron chi connectivity index (χ4n) is 5.32. The summed E-state index contributed by atoms with van der Waals surface area (Å²) < 4.78 is 27.0. The Kier molecular flexibility index (Phi) is 10.5. The van der Waals surface area contributed by atoms with Gasteiger partial charge in [-0.2, -0.15) is 0 Å². The molecule has 41 heavy (non-hydrogen) atoms. The van der Waals surface area contributed by atoms with Gasteiger partial charge in [-0.3, -0.25) is 13.9 Å². The molecule has 0 aliphatic heterocycles. The van der Waals surface area contributed by atoms with Gasteiger partial charge in [-0.05, 0) is 54.7 Å². The van der Waals surface area contributed by atoms with Gasteiger partial charge in [-0.25, -0.2) is 8.42 Å². The number of hydrogen-bond acceptors (Lipinski definition) is 4. The number of amides is 2. The molecule has 1 N–H and O–H groups in total. The van der Waals surface area contributed by atoms with Crippen molar-refractivity contribution in [2.75, 3.05) is 17.1 Å². The van der Waals surface area contributed by atoms with E-state index in [1.807, 2.05) is 48.5 Å². The van der Waals surface area contributed by atoms with Gasteiger partial charge in [-0.1, -0.05) is 91.5 Å². The highest BCUT2D eigenvalue weighted by atomic mass is 35.5. The lowest BCUT2D eigenvalue weighted by atomic mass is 9.94. The van der Waals surface area contributed by atoms with E-state index in [1.165, 1.54) is 4.90 Å². The molecule has 0 heterocycles. The number of para-hydroxylation sites is 1. The first-order valence-electron chi connectivity index (χ1n) is 14.0. The molecule has 2 amide bonds. The van der Waals surface area contributed by atoms with Crippen LogP contribution in [0.2, 0.25) is 5.02 Å². The zero-order valence-electron chi connectivity index (χ0n) is 23.6. The van der Waals surface area contributed by atoms with Crippen LogP contribution in [0.25, 0.3) is 0 Å². The van der Waals surface area contributed by atoms with Crippen molar-refractivity contribution in [1.82, 2.24) is 10.2 Å². The molecule has 7 nitrogen and oxygen atoms in total. The first-order chi connectivity index (χ1) is 19.6. The van der Waals surface area contributed by atoms with Crippen molar-refractivity contribution in [2.45, 2.75) is 64.1 Å². The van der Waals surface area contributed by atoms with E-state index >= 15 is 0 Å². The lowest BCUT2D eigenvalue weighted by Crippen LogP contribution is -2.55. The minimum absolute atomic E-state index is 0.0569. The van der Waals surface area contributed by atoms with Crippen molar-refractivity contribution in [2.24, 2.45) is 0 Å². The van der Waals surface area contributed by atoms with Crippen LogP contribution in [0.15, 0.2) is 78.9 Å². The Labute approximate surface area is 248 Å². The standard InChI is InChI=1S/C32H38ClN3O4S/c1-24-11-9-10-16-29(24)36(41(2,39)40)23-31(37)35(22-26-17-19-27(33)20-18-26)30(21-25-12-5-3-6-13-25)32(38)34-28-14-7-4-8-15-28/h3,5-6,9-13,16-20,28,30H,4,7-8,14-15,21-23H2,1-2H3,(H,34,38)/t30-/m1/s1. The number of hydrogen-bond donors (Lipinski definition) is 1. The molecule has 218 valence electrons. The van der Waals surface area contributed by atoms with E-state index in [1.54, 1.807) is 37.3 Å². The van der Waals surface area contributed by atoms with Gasteiger partial charge < -0.3 is 10.2 Å². The molecule has 1 aliphatic rings. The van der Waals surface area contributed by atoms with Crippen molar-refractivity contribution in [3.8, 4) is 0 Å². The van der Waals surface area contributed by atoms with Crippen LogP contribution in [0.5, 0.6) is 0 Å². The van der Waals surface area contributed by atoms with Crippen molar-refractivity contribution in [1.29, 1.82) is 0 Å². The molecule has 0 spiro atoms. The van der Waals surface area contributed by atoms with Crippen molar-refractivity contribution in [3.05, 3.63) is 101 Å². The maximum Gasteiger partial charge on any atom is 0.244 e. The third kappa shape index (κ3) is 8.57. The second-order valence-electron chi connectivity index (χ2n) is 10.8. The van der Waals surface area contributed by atoms with Crippen LogP contribution in [0, 0.1) is 6.92 Å². The molecule has 3 aromatic rings. The maximum absolute atomic E-state index is 14.2. The van der Waals surface area contributed by atoms with E-state index in [2.05, 4.69) is 5.32 Å². The van der Waals surface area contributed by atoms with Crippen LogP contribution in [0.3, 0.4) is 0 Å². The summed E-state index contributed by atoms with van der Waals surface area (Å²) in [6, 6.07) is 23.0. The number of rotatable bonds is 11. The summed E-state index contributed by atoms with van der Waals surface area (Å²) in [5, 5.41) is 3.77. The molecule has 0 radical (unpaired) electrons. The van der Waals surface area contributed by atoms with E-state index in [-0.39, 0.29) is 18.5 Å². The van der Waals surface area contributed by atoms with Crippen LogP contribution in [-0.4, -0.2) is 50.0 Å². The Balaban J connectivity index is 1.72. The van der Waals surface area contributed by atoms with Gasteiger partial charge >= 0.3 is 0 Å². The molecular formula is C32H38ClN3O4S. The summed E-state index contributed by atoms with van der Waals surface area (Å²) in [7, 11) is -3.81. The third-order valence-electron chi connectivity index (χ3n) is 7.55. The molecule has 9 heteroatoms. The number of benzene rings is 3. The summed E-state index contributed by atoms with van der Waals surface area (Å²) in [6.45, 7) is 1.50. The summed E-state index contributed by atoms with van der Waals surface area (Å²) in [5.74, 6) is -0.696. The van der Waals surface area contributed by atoms with Crippen LogP contribution >= 0.6 is 11.6 Å². The van der Waals surface area contributed by atoms with E-state index in [0.29, 0.717) is 17.1 Å². The molecule has 0 bridgehead atoms. The zero-order chi connectivity index (χ0) is 29.4. The third-order valence-corrected chi connectivity index (χ3v) is 8.93. The van der Waals surface area contributed by atoms with Crippen molar-refractivity contribution < 1.29 is 18.0 Å². The van der Waals surface area contributed by atoms with Crippen LogP contribution in [0.1, 0.15) is 48.8 Å². The first kappa shape index (κ1) is 30.6. The van der Waals surface area contributed by atoms with Gasteiger partial charge in [0, 0.05) is 24.0 Å². The summed E-state index contributed by atoms with van der Waals surface area (Å²) in [5.41, 5.74) is 2.85. The highest BCUT2D eigenvalue weighted by Crippen LogP contribution is 2.24. The molecule has 1 aliphatic carbocycles. The molecule has 1 fully saturated rings. The molecule has 0 saturated heterocycles. The molecule has 0 aromatic heterocycles. The lowest BCUT2D eigenvalue weighted by molar-refractivity contribution is -0.140. The highest BCUT2D eigenvalue weighted by Gasteiger charge is 2.34. The number of sulfonamides is 1. The summed E-state index contributed by atoms with van der Waals surface area (Å²) in [4.78, 5) is 29.7. The van der Waals surface area contributed by atoms with E-state index < -0.39 is 28.5 Å². The maximum atomic E-state index is 14.2. The highest BCUT2D eigenvalue weighted by molar-refractivity contribution is 7.92. The number of anilines is 1. The number of halogens is 1. The molecular weight excluding hydrogens is 558 g/mol. The number of carbonyl (C=O) groups excluding carboxylic acids is 2. The predicted molar refractivity (Wildman–Crippen MR) is 164 cm³/mol. The quantitative estimate of drug-likeness (QED) is 0.317. The summed E-state index contributed by atoms with van der Waals surface area (Å²) >= 11 is 6.12. The van der Waals surface area contributed by atoms with Gasteiger partial charge in [0.05, 0.1) is 11.9 Å². The fraction of sp³-hybridized carbons (Fsp3) is 0.375. The predicted octanol–water partition coefficient (Wildman–Crippen LogP) is 5.50. The molecule has 4 rings (SSSR count). The Morgan fingerprint density at radius 3 is 2.17 bits per heavy atom. The van der Waals surface area contributed by atoms with Crippen molar-refractivity contribution >= 4 is 39.1 Å². The van der Waals surface area contributed by atoms with Crippen LogP contribution in [-0.2, 0) is 32.6 Å². The molecule has 0 unspecified atom stereocenters. The Morgan fingerprint density at radius 2 is 1.54 bits per heavy atom. The topological polar surface area (TPSA) is 86.8 Å². The number of nitrogens with one attached hydrogen (secondary N) is 1. The van der Waals surface area contributed by atoms with E-state index in [4.69, 9.17) is 11.6 Å². The average molecular weight is 596 g/mol. The van der Waals surface area contributed by atoms with Gasteiger partial charge in [0.1, 0.15) is 12.6 Å². The average Bonchev–Trinajstić information content (AvgIpc) is 2.95. The fourth-order valence-corrected chi connectivity index (χ4v) is 6.36. The SMILES string of the molecule is Cc1ccccc1N(CC(=O)N(Cc1ccc(Cl)cc1)[C@H](Cc1ccccc1)C(=O)NC1CCCCC1)S(C)(=O)=O.